The van der Waals surface area contributed by atoms with Gasteiger partial charge in [0.2, 0.25) is 0 Å². The van der Waals surface area contributed by atoms with E-state index in [0.717, 1.165) is 23.0 Å². The van der Waals surface area contributed by atoms with Gasteiger partial charge >= 0.3 is 5.97 Å². The lowest BCUT2D eigenvalue weighted by molar-refractivity contribution is 0.0600. The van der Waals surface area contributed by atoms with E-state index in [1.54, 1.807) is 12.1 Å². The molecule has 0 bridgehead atoms. The van der Waals surface area contributed by atoms with Crippen LogP contribution in [0.4, 0.5) is 0 Å². The van der Waals surface area contributed by atoms with Crippen LogP contribution < -0.4 is 5.32 Å². The zero-order chi connectivity index (χ0) is 18.5. The largest absolute Gasteiger partial charge is 0.465 e. The first kappa shape index (κ1) is 18.2. The number of rotatable bonds is 7. The smallest absolute Gasteiger partial charge is 0.337 e. The molecule has 0 aliphatic rings. The Labute approximate surface area is 152 Å². The van der Waals surface area contributed by atoms with Gasteiger partial charge in [0.25, 0.3) is 0 Å². The number of carbonyl (C=O) groups is 1. The van der Waals surface area contributed by atoms with Crippen molar-refractivity contribution in [2.45, 2.75) is 25.5 Å². The number of aliphatic hydroxyl groups excluding tert-OH is 1. The summed E-state index contributed by atoms with van der Waals surface area (Å²) in [6.07, 6.45) is 0.0837. The zero-order valence-electron chi connectivity index (χ0n) is 14.9. The topological polar surface area (TPSA) is 71.7 Å². The van der Waals surface area contributed by atoms with Crippen LogP contribution in [0.25, 0.3) is 11.0 Å². The number of ether oxygens (including phenoxy) is 1. The number of furan rings is 1. The molecule has 1 aromatic heterocycles. The van der Waals surface area contributed by atoms with Crippen LogP contribution >= 0.6 is 0 Å². The van der Waals surface area contributed by atoms with Crippen LogP contribution in [0, 0.1) is 0 Å². The molecule has 2 aromatic carbocycles. The van der Waals surface area contributed by atoms with Crippen LogP contribution in [-0.2, 0) is 11.2 Å². The first-order valence-corrected chi connectivity index (χ1v) is 8.64. The molecule has 3 aromatic rings. The molecule has 0 radical (unpaired) electrons. The molecule has 2 N–H and O–H groups in total. The van der Waals surface area contributed by atoms with E-state index >= 15 is 0 Å². The summed E-state index contributed by atoms with van der Waals surface area (Å²) in [6.45, 7) is 2.46. The molecule has 0 saturated carbocycles. The molecule has 0 spiro atoms. The Hall–Kier alpha value is -2.63. The highest BCUT2D eigenvalue weighted by atomic mass is 16.5. The van der Waals surface area contributed by atoms with Gasteiger partial charge in [-0.15, -0.1) is 0 Å². The van der Waals surface area contributed by atoms with Gasteiger partial charge in [-0.1, -0.05) is 30.3 Å². The molecule has 0 aliphatic heterocycles. The van der Waals surface area contributed by atoms with Crippen LogP contribution in [0.1, 0.15) is 34.7 Å². The number of esters is 1. The van der Waals surface area contributed by atoms with Gasteiger partial charge in [-0.3, -0.25) is 0 Å². The fraction of sp³-hybridized carbons (Fsp3) is 0.286. The molecule has 0 unspecified atom stereocenters. The van der Waals surface area contributed by atoms with Crippen molar-refractivity contribution in [3.05, 3.63) is 71.5 Å². The Morgan fingerprint density at radius 2 is 1.92 bits per heavy atom. The summed E-state index contributed by atoms with van der Waals surface area (Å²) in [5, 5.41) is 14.7. The van der Waals surface area contributed by atoms with Crippen molar-refractivity contribution in [1.82, 2.24) is 5.32 Å². The molecule has 26 heavy (non-hydrogen) atoms. The van der Waals surface area contributed by atoms with Crippen molar-refractivity contribution in [3.8, 4) is 0 Å². The molecule has 0 fully saturated rings. The van der Waals surface area contributed by atoms with Gasteiger partial charge in [0.15, 0.2) is 0 Å². The summed E-state index contributed by atoms with van der Waals surface area (Å²) in [6, 6.07) is 17.1. The standard InChI is InChI=1S/C21H23NO4/c1-14(11-15-7-9-16(10-8-15)21(24)25-2)22-13-18(23)20-12-17-5-3-4-6-19(17)26-20/h3-10,12,14,18,22-23H,11,13H2,1-2H3/t14-,18-/m1/s1. The molecular formula is C21H23NO4. The normalized spacial score (nSPS) is 13.5. The molecule has 1 heterocycles. The summed E-state index contributed by atoms with van der Waals surface area (Å²) < 4.78 is 10.4. The summed E-state index contributed by atoms with van der Waals surface area (Å²) in [4.78, 5) is 11.5. The van der Waals surface area contributed by atoms with Crippen molar-refractivity contribution in [1.29, 1.82) is 0 Å². The van der Waals surface area contributed by atoms with Gasteiger partial charge < -0.3 is 19.6 Å². The van der Waals surface area contributed by atoms with Gasteiger partial charge in [-0.25, -0.2) is 4.79 Å². The minimum atomic E-state index is -0.702. The van der Waals surface area contributed by atoms with Crippen molar-refractivity contribution < 1.29 is 19.1 Å². The van der Waals surface area contributed by atoms with Crippen molar-refractivity contribution in [2.75, 3.05) is 13.7 Å². The fourth-order valence-electron chi connectivity index (χ4n) is 2.90. The van der Waals surface area contributed by atoms with E-state index in [1.165, 1.54) is 7.11 Å². The third-order valence-corrected chi connectivity index (χ3v) is 4.35. The molecule has 136 valence electrons. The van der Waals surface area contributed by atoms with Crippen molar-refractivity contribution in [3.63, 3.8) is 0 Å². The Kier molecular flexibility index (Phi) is 5.71. The number of methoxy groups -OCH3 is 1. The third kappa shape index (κ3) is 4.31. The molecule has 3 rings (SSSR count). The van der Waals surface area contributed by atoms with E-state index in [9.17, 15) is 9.90 Å². The predicted molar refractivity (Wildman–Crippen MR) is 100 cm³/mol. The Morgan fingerprint density at radius 3 is 2.62 bits per heavy atom. The molecular weight excluding hydrogens is 330 g/mol. The Morgan fingerprint density at radius 1 is 1.19 bits per heavy atom. The van der Waals surface area contributed by atoms with Gasteiger partial charge in [0.1, 0.15) is 17.4 Å². The predicted octanol–water partition coefficient (Wildman–Crippen LogP) is 3.47. The van der Waals surface area contributed by atoms with Gasteiger partial charge in [-0.2, -0.15) is 0 Å². The van der Waals surface area contributed by atoms with E-state index in [1.807, 2.05) is 42.5 Å². The lowest BCUT2D eigenvalue weighted by Crippen LogP contribution is -2.31. The highest BCUT2D eigenvalue weighted by molar-refractivity contribution is 5.89. The lowest BCUT2D eigenvalue weighted by Gasteiger charge is -2.16. The van der Waals surface area contributed by atoms with Crippen LogP contribution in [0.15, 0.2) is 59.0 Å². The van der Waals surface area contributed by atoms with E-state index in [2.05, 4.69) is 12.2 Å². The van der Waals surface area contributed by atoms with E-state index in [0.29, 0.717) is 17.9 Å². The van der Waals surface area contributed by atoms with Gasteiger partial charge in [0.05, 0.1) is 12.7 Å². The number of benzene rings is 2. The quantitative estimate of drug-likeness (QED) is 0.637. The molecule has 0 amide bonds. The van der Waals surface area contributed by atoms with Gasteiger partial charge in [0, 0.05) is 18.0 Å². The lowest BCUT2D eigenvalue weighted by atomic mass is 10.0. The molecule has 5 nitrogen and oxygen atoms in total. The first-order valence-electron chi connectivity index (χ1n) is 8.64. The molecule has 0 aliphatic carbocycles. The maximum Gasteiger partial charge on any atom is 0.337 e. The van der Waals surface area contributed by atoms with E-state index < -0.39 is 6.10 Å². The van der Waals surface area contributed by atoms with Crippen LogP contribution in [-0.4, -0.2) is 30.8 Å². The zero-order valence-corrected chi connectivity index (χ0v) is 14.9. The second kappa shape index (κ2) is 8.17. The monoisotopic (exact) mass is 353 g/mol. The minimum Gasteiger partial charge on any atom is -0.465 e. The molecule has 2 atom stereocenters. The molecule has 0 saturated heterocycles. The highest BCUT2D eigenvalue weighted by Gasteiger charge is 2.14. The summed E-state index contributed by atoms with van der Waals surface area (Å²) >= 11 is 0. The Balaban J connectivity index is 1.53. The fourth-order valence-corrected chi connectivity index (χ4v) is 2.90. The van der Waals surface area contributed by atoms with E-state index in [-0.39, 0.29) is 12.0 Å². The summed E-state index contributed by atoms with van der Waals surface area (Å²) in [5.74, 6) is 0.227. The highest BCUT2D eigenvalue weighted by Crippen LogP contribution is 2.23. The second-order valence-corrected chi connectivity index (χ2v) is 6.40. The third-order valence-electron chi connectivity index (χ3n) is 4.35. The average molecular weight is 353 g/mol. The number of fused-ring (bicyclic) bond motifs is 1. The number of hydrogen-bond donors (Lipinski definition) is 2. The maximum atomic E-state index is 11.5. The molecule has 5 heteroatoms. The van der Waals surface area contributed by atoms with Crippen LogP contribution in [0.3, 0.4) is 0 Å². The summed E-state index contributed by atoms with van der Waals surface area (Å²) in [5.41, 5.74) is 2.42. The van der Waals surface area contributed by atoms with Gasteiger partial charge in [-0.05, 0) is 43.2 Å². The maximum absolute atomic E-state index is 11.5. The van der Waals surface area contributed by atoms with Crippen LogP contribution in [0.5, 0.6) is 0 Å². The summed E-state index contributed by atoms with van der Waals surface area (Å²) in [7, 11) is 1.37. The van der Waals surface area contributed by atoms with Crippen molar-refractivity contribution in [2.24, 2.45) is 0 Å². The minimum absolute atomic E-state index is 0.165. The number of nitrogens with one attached hydrogen (secondary N) is 1. The number of hydrogen-bond acceptors (Lipinski definition) is 5. The van der Waals surface area contributed by atoms with Crippen LogP contribution in [0.2, 0.25) is 0 Å². The van der Waals surface area contributed by atoms with Crippen molar-refractivity contribution >= 4 is 16.9 Å². The number of para-hydroxylation sites is 1. The van der Waals surface area contributed by atoms with E-state index in [4.69, 9.17) is 9.15 Å². The second-order valence-electron chi connectivity index (χ2n) is 6.40. The SMILES string of the molecule is COC(=O)c1ccc(C[C@@H](C)NC[C@@H](O)c2cc3ccccc3o2)cc1. The average Bonchev–Trinajstić information content (AvgIpc) is 3.10. The first-order chi connectivity index (χ1) is 12.6. The Bertz CT molecular complexity index is 836. The number of aliphatic hydroxyl groups is 1. The number of carbonyl (C=O) groups excluding carboxylic acids is 1.